The second kappa shape index (κ2) is 7.15. The van der Waals surface area contributed by atoms with E-state index < -0.39 is 0 Å². The average Bonchev–Trinajstić information content (AvgIpc) is 2.83. The summed E-state index contributed by atoms with van der Waals surface area (Å²) in [6.07, 6.45) is 3.10. The van der Waals surface area contributed by atoms with E-state index in [4.69, 9.17) is 5.10 Å². The van der Waals surface area contributed by atoms with Gasteiger partial charge in [-0.15, -0.1) is 0 Å². The molecule has 138 valence electrons. The zero-order valence-electron chi connectivity index (χ0n) is 14.9. The molecule has 0 bridgehead atoms. The normalized spacial score (nSPS) is 13.6. The SMILES string of the molecule is Cc1ccc([N+](=O)[O-])cc1-n1nc(-c2cccc(Br)c2)c2c1NCCCC2. The van der Waals surface area contributed by atoms with Gasteiger partial charge in [0.2, 0.25) is 0 Å². The van der Waals surface area contributed by atoms with Crippen molar-refractivity contribution in [3.63, 3.8) is 0 Å². The Morgan fingerprint density at radius 3 is 2.85 bits per heavy atom. The van der Waals surface area contributed by atoms with Gasteiger partial charge in [-0.05, 0) is 43.9 Å². The van der Waals surface area contributed by atoms with Crippen LogP contribution in [0, 0.1) is 17.0 Å². The molecule has 0 spiro atoms. The van der Waals surface area contributed by atoms with Crippen molar-refractivity contribution in [2.75, 3.05) is 11.9 Å². The van der Waals surface area contributed by atoms with Crippen molar-refractivity contribution < 1.29 is 4.92 Å². The Kier molecular flexibility index (Phi) is 4.70. The first-order valence-corrected chi connectivity index (χ1v) is 9.71. The molecular formula is C20H19BrN4O2. The number of rotatable bonds is 3. The summed E-state index contributed by atoms with van der Waals surface area (Å²) in [6, 6.07) is 13.0. The van der Waals surface area contributed by atoms with Crippen LogP contribution in [-0.4, -0.2) is 21.2 Å². The monoisotopic (exact) mass is 426 g/mol. The van der Waals surface area contributed by atoms with Crippen molar-refractivity contribution in [2.45, 2.75) is 26.2 Å². The van der Waals surface area contributed by atoms with E-state index in [1.807, 2.05) is 29.8 Å². The maximum absolute atomic E-state index is 11.3. The smallest absolute Gasteiger partial charge is 0.271 e. The van der Waals surface area contributed by atoms with E-state index in [0.29, 0.717) is 0 Å². The predicted octanol–water partition coefficient (Wildman–Crippen LogP) is 5.27. The first-order chi connectivity index (χ1) is 13.0. The molecule has 6 nitrogen and oxygen atoms in total. The zero-order chi connectivity index (χ0) is 19.0. The molecule has 1 N–H and O–H groups in total. The van der Waals surface area contributed by atoms with Crippen molar-refractivity contribution in [1.29, 1.82) is 0 Å². The highest BCUT2D eigenvalue weighted by Gasteiger charge is 2.23. The Hall–Kier alpha value is -2.67. The molecule has 0 fully saturated rings. The molecule has 0 unspecified atom stereocenters. The number of halogens is 1. The van der Waals surface area contributed by atoms with Crippen LogP contribution in [0.1, 0.15) is 24.0 Å². The molecule has 1 aliphatic heterocycles. The lowest BCUT2D eigenvalue weighted by molar-refractivity contribution is -0.384. The van der Waals surface area contributed by atoms with Gasteiger partial charge in [-0.25, -0.2) is 4.68 Å². The van der Waals surface area contributed by atoms with Crippen LogP contribution >= 0.6 is 15.9 Å². The predicted molar refractivity (Wildman–Crippen MR) is 110 cm³/mol. The molecule has 4 rings (SSSR count). The molecule has 0 aliphatic carbocycles. The van der Waals surface area contributed by atoms with Gasteiger partial charge in [0.05, 0.1) is 16.3 Å². The molecular weight excluding hydrogens is 408 g/mol. The average molecular weight is 427 g/mol. The minimum absolute atomic E-state index is 0.0671. The number of aromatic nitrogens is 2. The van der Waals surface area contributed by atoms with E-state index in [-0.39, 0.29) is 10.6 Å². The number of nitro groups is 1. The standard InChI is InChI=1S/C20H19BrN4O2/c1-13-8-9-16(25(26)27)12-18(13)24-20-17(7-2-3-10-22-20)19(23-24)14-5-4-6-15(21)11-14/h4-6,8-9,11-12,22H,2-3,7,10H2,1H3. The molecule has 7 heteroatoms. The number of nitro benzene ring substituents is 1. The number of hydrogen-bond donors (Lipinski definition) is 1. The molecule has 1 aromatic heterocycles. The van der Waals surface area contributed by atoms with Crippen LogP contribution in [0.15, 0.2) is 46.9 Å². The Bertz CT molecular complexity index is 1030. The van der Waals surface area contributed by atoms with Crippen LogP contribution in [-0.2, 0) is 6.42 Å². The summed E-state index contributed by atoms with van der Waals surface area (Å²) in [5.41, 5.74) is 4.86. The van der Waals surface area contributed by atoms with Gasteiger partial charge in [-0.2, -0.15) is 5.10 Å². The summed E-state index contributed by atoms with van der Waals surface area (Å²) in [4.78, 5) is 10.9. The van der Waals surface area contributed by atoms with Gasteiger partial charge in [0.25, 0.3) is 5.69 Å². The topological polar surface area (TPSA) is 73.0 Å². The molecule has 0 amide bonds. The summed E-state index contributed by atoms with van der Waals surface area (Å²) < 4.78 is 2.83. The van der Waals surface area contributed by atoms with E-state index in [9.17, 15) is 10.1 Å². The summed E-state index contributed by atoms with van der Waals surface area (Å²) in [7, 11) is 0. The van der Waals surface area contributed by atoms with Crippen LogP contribution in [0.25, 0.3) is 16.9 Å². The third kappa shape index (κ3) is 3.35. The van der Waals surface area contributed by atoms with Crippen molar-refractivity contribution in [3.8, 4) is 16.9 Å². The largest absolute Gasteiger partial charge is 0.370 e. The minimum Gasteiger partial charge on any atom is -0.370 e. The minimum atomic E-state index is -0.367. The fourth-order valence-corrected chi connectivity index (χ4v) is 3.88. The Morgan fingerprint density at radius 1 is 1.22 bits per heavy atom. The number of nitrogens with one attached hydrogen (secondary N) is 1. The first-order valence-electron chi connectivity index (χ1n) is 8.92. The number of aryl methyl sites for hydroxylation is 1. The molecule has 0 atom stereocenters. The number of benzene rings is 2. The quantitative estimate of drug-likeness (QED) is 0.457. The summed E-state index contributed by atoms with van der Waals surface area (Å²) in [5.74, 6) is 0.936. The number of anilines is 1. The zero-order valence-corrected chi connectivity index (χ0v) is 16.5. The highest BCUT2D eigenvalue weighted by Crippen LogP contribution is 2.36. The first kappa shape index (κ1) is 17.7. The lowest BCUT2D eigenvalue weighted by Gasteiger charge is -2.11. The van der Waals surface area contributed by atoms with Crippen LogP contribution in [0.5, 0.6) is 0 Å². The van der Waals surface area contributed by atoms with Gasteiger partial charge in [0, 0.05) is 34.3 Å². The van der Waals surface area contributed by atoms with Crippen LogP contribution in [0.2, 0.25) is 0 Å². The lowest BCUT2D eigenvalue weighted by atomic mass is 10.0. The van der Waals surface area contributed by atoms with E-state index in [1.165, 1.54) is 6.07 Å². The van der Waals surface area contributed by atoms with Crippen LogP contribution < -0.4 is 5.32 Å². The van der Waals surface area contributed by atoms with E-state index in [1.54, 1.807) is 12.1 Å². The molecule has 1 aliphatic rings. The van der Waals surface area contributed by atoms with Gasteiger partial charge < -0.3 is 5.32 Å². The molecule has 27 heavy (non-hydrogen) atoms. The second-order valence-electron chi connectivity index (χ2n) is 6.71. The molecule has 0 radical (unpaired) electrons. The Morgan fingerprint density at radius 2 is 2.07 bits per heavy atom. The summed E-state index contributed by atoms with van der Waals surface area (Å²) in [6.45, 7) is 2.81. The van der Waals surface area contributed by atoms with Crippen molar-refractivity contribution in [3.05, 3.63) is 68.2 Å². The van der Waals surface area contributed by atoms with E-state index in [0.717, 1.165) is 64.2 Å². The number of nitrogens with zero attached hydrogens (tertiary/aromatic N) is 3. The Labute approximate surface area is 165 Å². The molecule has 2 heterocycles. The highest BCUT2D eigenvalue weighted by molar-refractivity contribution is 9.10. The maximum Gasteiger partial charge on any atom is 0.271 e. The maximum atomic E-state index is 11.3. The van der Waals surface area contributed by atoms with Gasteiger partial charge in [-0.3, -0.25) is 10.1 Å². The van der Waals surface area contributed by atoms with Crippen molar-refractivity contribution >= 4 is 27.4 Å². The second-order valence-corrected chi connectivity index (χ2v) is 7.63. The highest BCUT2D eigenvalue weighted by atomic mass is 79.9. The number of non-ortho nitro benzene ring substituents is 1. The molecule has 2 aromatic carbocycles. The van der Waals surface area contributed by atoms with Gasteiger partial charge >= 0.3 is 0 Å². The van der Waals surface area contributed by atoms with E-state index in [2.05, 4.69) is 27.3 Å². The summed E-state index contributed by atoms with van der Waals surface area (Å²) in [5, 5.41) is 19.6. The van der Waals surface area contributed by atoms with Gasteiger partial charge in [-0.1, -0.05) is 34.1 Å². The van der Waals surface area contributed by atoms with Crippen LogP contribution in [0.4, 0.5) is 11.5 Å². The summed E-state index contributed by atoms with van der Waals surface area (Å²) >= 11 is 3.53. The van der Waals surface area contributed by atoms with E-state index >= 15 is 0 Å². The van der Waals surface area contributed by atoms with Crippen LogP contribution in [0.3, 0.4) is 0 Å². The van der Waals surface area contributed by atoms with Crippen molar-refractivity contribution in [2.24, 2.45) is 0 Å². The van der Waals surface area contributed by atoms with Crippen molar-refractivity contribution in [1.82, 2.24) is 9.78 Å². The number of fused-ring (bicyclic) bond motifs is 1. The lowest BCUT2D eigenvalue weighted by Crippen LogP contribution is -2.08. The van der Waals surface area contributed by atoms with Gasteiger partial charge in [0.1, 0.15) is 5.82 Å². The fourth-order valence-electron chi connectivity index (χ4n) is 3.48. The molecule has 3 aromatic rings. The third-order valence-corrected chi connectivity index (χ3v) is 5.35. The third-order valence-electron chi connectivity index (χ3n) is 4.86. The van der Waals surface area contributed by atoms with Gasteiger partial charge in [0.15, 0.2) is 0 Å². The molecule has 0 saturated carbocycles. The Balaban J connectivity index is 1.94. The fraction of sp³-hybridized carbons (Fsp3) is 0.250. The number of hydrogen-bond acceptors (Lipinski definition) is 4. The molecule has 0 saturated heterocycles.